The van der Waals surface area contributed by atoms with Gasteiger partial charge in [-0.2, -0.15) is 5.26 Å². The van der Waals surface area contributed by atoms with Gasteiger partial charge in [0.1, 0.15) is 6.07 Å². The number of amides is 1. The van der Waals surface area contributed by atoms with Crippen LogP contribution < -0.4 is 14.4 Å². The van der Waals surface area contributed by atoms with Gasteiger partial charge in [0.25, 0.3) is 5.91 Å². The second-order valence-electron chi connectivity index (χ2n) is 6.80. The third kappa shape index (κ3) is 5.11. The summed E-state index contributed by atoms with van der Waals surface area (Å²) >= 11 is 4.77. The number of hydrogen-bond acceptors (Lipinski definition) is 6. The number of aliphatic imine (C=N–C) groups is 1. The molecule has 1 heterocycles. The highest BCUT2D eigenvalue weighted by Crippen LogP contribution is 2.40. The van der Waals surface area contributed by atoms with Crippen molar-refractivity contribution in [3.63, 3.8) is 0 Å². The van der Waals surface area contributed by atoms with Crippen molar-refractivity contribution in [3.8, 4) is 17.6 Å². The van der Waals surface area contributed by atoms with Crippen molar-refractivity contribution in [1.29, 1.82) is 5.26 Å². The molecule has 0 spiro atoms. The van der Waals surface area contributed by atoms with Crippen LogP contribution in [0.5, 0.6) is 11.5 Å². The molecule has 33 heavy (non-hydrogen) atoms. The zero-order valence-electron chi connectivity index (χ0n) is 17.6. The second-order valence-corrected chi connectivity index (χ2v) is 8.66. The number of halogens is 1. The van der Waals surface area contributed by atoms with E-state index in [0.717, 1.165) is 16.9 Å². The minimum Gasteiger partial charge on any atom is -0.493 e. The summed E-state index contributed by atoms with van der Waals surface area (Å²) in [5.41, 5.74) is 2.25. The van der Waals surface area contributed by atoms with Gasteiger partial charge in [-0.3, -0.25) is 9.69 Å². The van der Waals surface area contributed by atoms with Crippen LogP contribution in [-0.2, 0) is 4.79 Å². The van der Waals surface area contributed by atoms with Gasteiger partial charge in [-0.1, -0.05) is 36.4 Å². The zero-order valence-corrected chi connectivity index (χ0v) is 20.0. The van der Waals surface area contributed by atoms with Crippen molar-refractivity contribution in [3.05, 3.63) is 87.7 Å². The lowest BCUT2D eigenvalue weighted by atomic mass is 10.1. The number of nitriles is 1. The monoisotopic (exact) mass is 519 g/mol. The van der Waals surface area contributed by atoms with E-state index < -0.39 is 0 Å². The Balaban J connectivity index is 1.74. The highest BCUT2D eigenvalue weighted by Gasteiger charge is 2.34. The number of carbonyl (C=O) groups excluding carboxylic acids is 1. The normalized spacial score (nSPS) is 15.7. The summed E-state index contributed by atoms with van der Waals surface area (Å²) in [6.07, 6.45) is 1.79. The van der Waals surface area contributed by atoms with Gasteiger partial charge in [0, 0.05) is 0 Å². The Bertz CT molecular complexity index is 1270. The molecule has 1 saturated heterocycles. The van der Waals surface area contributed by atoms with Gasteiger partial charge in [0.15, 0.2) is 23.3 Å². The minimum absolute atomic E-state index is 0.102. The average Bonchev–Trinajstić information content (AvgIpc) is 3.13. The van der Waals surface area contributed by atoms with Crippen molar-refractivity contribution >= 4 is 56.2 Å². The van der Waals surface area contributed by atoms with Gasteiger partial charge in [-0.15, -0.1) is 0 Å². The molecule has 6 nitrogen and oxygen atoms in total. The molecule has 8 heteroatoms. The van der Waals surface area contributed by atoms with Crippen LogP contribution in [0.4, 0.5) is 11.4 Å². The first-order valence-corrected chi connectivity index (χ1v) is 11.5. The summed E-state index contributed by atoms with van der Waals surface area (Å²) in [5, 5.41) is 9.38. The Kier molecular flexibility index (Phi) is 7.13. The van der Waals surface area contributed by atoms with Gasteiger partial charge in [-0.05, 0) is 75.7 Å². The van der Waals surface area contributed by atoms with Crippen LogP contribution in [0.2, 0.25) is 0 Å². The van der Waals surface area contributed by atoms with E-state index in [1.807, 2.05) is 72.8 Å². The lowest BCUT2D eigenvalue weighted by Gasteiger charge is -2.15. The van der Waals surface area contributed by atoms with Gasteiger partial charge in [-0.25, -0.2) is 4.99 Å². The molecule has 0 aromatic heterocycles. The molecule has 3 aromatic carbocycles. The molecule has 1 aliphatic heterocycles. The number of rotatable bonds is 6. The first kappa shape index (κ1) is 22.6. The van der Waals surface area contributed by atoms with Crippen molar-refractivity contribution in [1.82, 2.24) is 0 Å². The van der Waals surface area contributed by atoms with Crippen molar-refractivity contribution in [2.24, 2.45) is 4.99 Å². The number of thioether (sulfide) groups is 1. The first-order chi connectivity index (χ1) is 16.1. The maximum absolute atomic E-state index is 13.4. The smallest absolute Gasteiger partial charge is 0.271 e. The lowest BCUT2D eigenvalue weighted by molar-refractivity contribution is -0.113. The van der Waals surface area contributed by atoms with E-state index in [0.29, 0.717) is 26.0 Å². The molecule has 1 aliphatic rings. The standard InChI is InChI=1S/C25H18BrN3O3S/c1-31-21-15-17(14-20(26)23(21)32-13-12-27)16-22-24(30)29(19-10-6-3-7-11-19)25(33-22)28-18-8-4-2-5-9-18/h2-11,14-16H,13H2,1H3. The Morgan fingerprint density at radius 1 is 1.12 bits per heavy atom. The number of benzene rings is 3. The highest BCUT2D eigenvalue weighted by atomic mass is 79.9. The Hall–Kier alpha value is -3.54. The molecular formula is C25H18BrN3O3S. The summed E-state index contributed by atoms with van der Waals surface area (Å²) < 4.78 is 11.5. The van der Waals surface area contributed by atoms with Crippen LogP contribution in [0, 0.1) is 11.3 Å². The van der Waals surface area contributed by atoms with Crippen molar-refractivity contribution < 1.29 is 14.3 Å². The quantitative estimate of drug-likeness (QED) is 0.364. The number of anilines is 1. The van der Waals surface area contributed by atoms with Crippen LogP contribution in [0.25, 0.3) is 6.08 Å². The van der Waals surface area contributed by atoms with Crippen molar-refractivity contribution in [2.75, 3.05) is 18.6 Å². The predicted octanol–water partition coefficient (Wildman–Crippen LogP) is 6.17. The summed E-state index contributed by atoms with van der Waals surface area (Å²) in [7, 11) is 1.52. The molecule has 3 aromatic rings. The van der Waals surface area contributed by atoms with Gasteiger partial charge in [0.2, 0.25) is 0 Å². The minimum atomic E-state index is -0.166. The van der Waals surface area contributed by atoms with Gasteiger partial charge < -0.3 is 9.47 Å². The number of methoxy groups -OCH3 is 1. The molecule has 0 atom stereocenters. The topological polar surface area (TPSA) is 74.9 Å². The largest absolute Gasteiger partial charge is 0.493 e. The summed E-state index contributed by atoms with van der Waals surface area (Å²) in [5.74, 6) is 0.727. The first-order valence-electron chi connectivity index (χ1n) is 9.91. The fourth-order valence-corrected chi connectivity index (χ4v) is 4.76. The van der Waals surface area contributed by atoms with Crippen molar-refractivity contribution in [2.45, 2.75) is 0 Å². The number of para-hydroxylation sites is 2. The molecule has 0 radical (unpaired) electrons. The van der Waals surface area contributed by atoms with Gasteiger partial charge in [0.05, 0.1) is 27.9 Å². The Morgan fingerprint density at radius 2 is 1.82 bits per heavy atom. The molecule has 0 aliphatic carbocycles. The Labute approximate surface area is 204 Å². The van der Waals surface area contributed by atoms with Crippen LogP contribution in [0.1, 0.15) is 5.56 Å². The molecule has 0 unspecified atom stereocenters. The van der Waals surface area contributed by atoms with E-state index in [1.165, 1.54) is 18.9 Å². The van der Waals surface area contributed by atoms with Gasteiger partial charge >= 0.3 is 0 Å². The molecule has 0 N–H and O–H groups in total. The number of amidine groups is 1. The number of hydrogen-bond donors (Lipinski definition) is 0. The fraction of sp³-hybridized carbons (Fsp3) is 0.0800. The summed E-state index contributed by atoms with van der Waals surface area (Å²) in [6.45, 7) is -0.102. The number of nitrogens with zero attached hydrogens (tertiary/aromatic N) is 3. The SMILES string of the molecule is COc1cc(C=C2SC(=Nc3ccccc3)N(c3ccccc3)C2=O)cc(Br)c1OCC#N. The van der Waals surface area contributed by atoms with E-state index in [1.54, 1.807) is 17.0 Å². The predicted molar refractivity (Wildman–Crippen MR) is 135 cm³/mol. The van der Waals surface area contributed by atoms with E-state index in [2.05, 4.69) is 15.9 Å². The maximum Gasteiger partial charge on any atom is 0.271 e. The molecule has 0 bridgehead atoms. The molecule has 0 saturated carbocycles. The van der Waals surface area contributed by atoms with Crippen LogP contribution >= 0.6 is 27.7 Å². The third-order valence-electron chi connectivity index (χ3n) is 4.63. The van der Waals surface area contributed by atoms with E-state index >= 15 is 0 Å². The molecular weight excluding hydrogens is 502 g/mol. The second kappa shape index (κ2) is 10.4. The van der Waals surface area contributed by atoms with Crippen LogP contribution in [-0.4, -0.2) is 24.8 Å². The molecule has 164 valence electrons. The average molecular weight is 520 g/mol. The molecule has 1 fully saturated rings. The molecule has 1 amide bonds. The maximum atomic E-state index is 13.4. The van der Waals surface area contributed by atoms with E-state index in [9.17, 15) is 4.79 Å². The lowest BCUT2D eigenvalue weighted by Crippen LogP contribution is -2.28. The third-order valence-corrected chi connectivity index (χ3v) is 6.19. The highest BCUT2D eigenvalue weighted by molar-refractivity contribution is 9.10. The number of ether oxygens (including phenoxy) is 2. The van der Waals surface area contributed by atoms with E-state index in [4.69, 9.17) is 19.7 Å². The summed E-state index contributed by atoms with van der Waals surface area (Å²) in [6, 6.07) is 24.5. The van der Waals surface area contributed by atoms with Crippen LogP contribution in [0.3, 0.4) is 0 Å². The number of carbonyl (C=O) groups is 1. The zero-order chi connectivity index (χ0) is 23.2. The molecule has 4 rings (SSSR count). The van der Waals surface area contributed by atoms with Crippen LogP contribution in [0.15, 0.2) is 87.2 Å². The summed E-state index contributed by atoms with van der Waals surface area (Å²) in [4.78, 5) is 20.3. The van der Waals surface area contributed by atoms with E-state index in [-0.39, 0.29) is 12.5 Å². The Morgan fingerprint density at radius 3 is 2.48 bits per heavy atom. The fourth-order valence-electron chi connectivity index (χ4n) is 3.19.